The number of tetrazole rings is 1. The number of carboxylic acids is 1. The van der Waals surface area contributed by atoms with Crippen molar-refractivity contribution in [1.29, 1.82) is 0 Å². The van der Waals surface area contributed by atoms with Crippen LogP contribution in [0, 0.1) is 5.82 Å². The molecule has 29 heavy (non-hydrogen) atoms. The Balaban J connectivity index is 1.54. The first-order valence-electron chi connectivity index (χ1n) is 8.53. The topological polar surface area (TPSA) is 125 Å². The Morgan fingerprint density at radius 1 is 1.28 bits per heavy atom. The smallest absolute Gasteiger partial charge is 0.330 e. The van der Waals surface area contributed by atoms with Crippen molar-refractivity contribution in [3.05, 3.63) is 40.9 Å². The predicted molar refractivity (Wildman–Crippen MR) is 101 cm³/mol. The SMILES string of the molecule is CCC(C(=O)O)n1nnc(-c2cnc(OCCOc3cc(F)ccc3Br)cn2)n1. The summed E-state index contributed by atoms with van der Waals surface area (Å²) in [6, 6.07) is 3.25. The molecule has 1 unspecified atom stereocenters. The number of hydrogen-bond donors (Lipinski definition) is 1. The molecule has 0 fully saturated rings. The second-order valence-corrected chi connectivity index (χ2v) is 6.56. The van der Waals surface area contributed by atoms with Gasteiger partial charge in [0.15, 0.2) is 6.04 Å². The van der Waals surface area contributed by atoms with E-state index in [4.69, 9.17) is 14.6 Å². The summed E-state index contributed by atoms with van der Waals surface area (Å²) in [5, 5.41) is 20.8. The van der Waals surface area contributed by atoms with Gasteiger partial charge in [-0.25, -0.2) is 19.2 Å². The van der Waals surface area contributed by atoms with Gasteiger partial charge >= 0.3 is 5.97 Å². The van der Waals surface area contributed by atoms with Crippen LogP contribution in [0.5, 0.6) is 11.6 Å². The number of rotatable bonds is 9. The second kappa shape index (κ2) is 9.37. The van der Waals surface area contributed by atoms with Crippen molar-refractivity contribution < 1.29 is 23.8 Å². The van der Waals surface area contributed by atoms with Crippen molar-refractivity contribution in [3.8, 4) is 23.1 Å². The number of nitrogens with zero attached hydrogens (tertiary/aromatic N) is 6. The fourth-order valence-corrected chi connectivity index (χ4v) is 2.65. The second-order valence-electron chi connectivity index (χ2n) is 5.71. The van der Waals surface area contributed by atoms with E-state index in [0.717, 1.165) is 4.80 Å². The van der Waals surface area contributed by atoms with E-state index in [9.17, 15) is 9.18 Å². The van der Waals surface area contributed by atoms with Crippen LogP contribution in [0.1, 0.15) is 19.4 Å². The number of halogens is 2. The van der Waals surface area contributed by atoms with E-state index in [0.29, 0.717) is 22.3 Å². The van der Waals surface area contributed by atoms with Gasteiger partial charge in [0.05, 0.1) is 16.9 Å². The van der Waals surface area contributed by atoms with Gasteiger partial charge in [0.2, 0.25) is 11.7 Å². The lowest BCUT2D eigenvalue weighted by Crippen LogP contribution is -2.20. The Hall–Kier alpha value is -3.15. The van der Waals surface area contributed by atoms with Gasteiger partial charge in [0.1, 0.15) is 30.5 Å². The van der Waals surface area contributed by atoms with Crippen LogP contribution in [0.3, 0.4) is 0 Å². The average Bonchev–Trinajstić information content (AvgIpc) is 3.18. The van der Waals surface area contributed by atoms with Crippen molar-refractivity contribution in [3.63, 3.8) is 0 Å². The lowest BCUT2D eigenvalue weighted by molar-refractivity contribution is -0.141. The minimum atomic E-state index is -1.04. The molecule has 3 rings (SSSR count). The first-order chi connectivity index (χ1) is 14.0. The maximum Gasteiger partial charge on any atom is 0.330 e. The zero-order chi connectivity index (χ0) is 20.8. The Labute approximate surface area is 172 Å². The Bertz CT molecular complexity index is 984. The molecule has 152 valence electrons. The van der Waals surface area contributed by atoms with E-state index >= 15 is 0 Å². The molecule has 0 radical (unpaired) electrons. The highest BCUT2D eigenvalue weighted by Gasteiger charge is 2.21. The van der Waals surface area contributed by atoms with Gasteiger partial charge in [-0.2, -0.15) is 0 Å². The van der Waals surface area contributed by atoms with E-state index < -0.39 is 17.8 Å². The predicted octanol–water partition coefficient (Wildman–Crippen LogP) is 2.53. The number of hydrogen-bond acceptors (Lipinski definition) is 8. The van der Waals surface area contributed by atoms with E-state index in [2.05, 4.69) is 41.3 Å². The van der Waals surface area contributed by atoms with Crippen LogP contribution < -0.4 is 9.47 Å². The van der Waals surface area contributed by atoms with Gasteiger partial charge < -0.3 is 14.6 Å². The third-order valence-corrected chi connectivity index (χ3v) is 4.38. The molecule has 1 N–H and O–H groups in total. The highest BCUT2D eigenvalue weighted by Crippen LogP contribution is 2.25. The van der Waals surface area contributed by atoms with Crippen molar-refractivity contribution in [2.45, 2.75) is 19.4 Å². The van der Waals surface area contributed by atoms with Gasteiger partial charge in [-0.05, 0) is 39.7 Å². The van der Waals surface area contributed by atoms with Gasteiger partial charge in [0, 0.05) is 6.07 Å². The van der Waals surface area contributed by atoms with Crippen LogP contribution in [0.4, 0.5) is 4.39 Å². The van der Waals surface area contributed by atoms with Crippen LogP contribution in [0.15, 0.2) is 35.1 Å². The Morgan fingerprint density at radius 2 is 2.07 bits per heavy atom. The van der Waals surface area contributed by atoms with Crippen molar-refractivity contribution >= 4 is 21.9 Å². The summed E-state index contributed by atoms with van der Waals surface area (Å²) in [5.41, 5.74) is 0.323. The molecule has 3 aromatic rings. The molecule has 0 amide bonds. The molecular weight excluding hydrogens is 451 g/mol. The number of carboxylic acid groups (broad SMARTS) is 1. The molecule has 0 aliphatic carbocycles. The Kier molecular flexibility index (Phi) is 6.65. The molecular formula is C17H16BrFN6O4. The Morgan fingerprint density at radius 3 is 2.76 bits per heavy atom. The number of aliphatic carboxylic acids is 1. The lowest BCUT2D eigenvalue weighted by Gasteiger charge is -2.09. The quantitative estimate of drug-likeness (QED) is 0.473. The normalized spacial score (nSPS) is 11.8. The molecule has 0 spiro atoms. The van der Waals surface area contributed by atoms with E-state index in [-0.39, 0.29) is 24.9 Å². The number of ether oxygens (including phenoxy) is 2. The summed E-state index contributed by atoms with van der Waals surface area (Å²) >= 11 is 3.27. The molecule has 0 saturated heterocycles. The minimum absolute atomic E-state index is 0.156. The zero-order valence-electron chi connectivity index (χ0n) is 15.2. The molecule has 0 aliphatic rings. The third kappa shape index (κ3) is 5.22. The fraction of sp³-hybridized carbons (Fsp3) is 0.294. The summed E-state index contributed by atoms with van der Waals surface area (Å²) in [4.78, 5) is 20.4. The molecule has 0 bridgehead atoms. The van der Waals surface area contributed by atoms with Gasteiger partial charge in [-0.15, -0.1) is 15.0 Å². The van der Waals surface area contributed by atoms with Gasteiger partial charge in [-0.3, -0.25) is 0 Å². The molecule has 12 heteroatoms. The molecule has 0 aliphatic heterocycles. The largest absolute Gasteiger partial charge is 0.489 e. The van der Waals surface area contributed by atoms with Crippen molar-refractivity contribution in [1.82, 2.24) is 30.2 Å². The first kappa shape index (κ1) is 20.6. The van der Waals surface area contributed by atoms with Crippen LogP contribution in [-0.4, -0.2) is 54.5 Å². The molecule has 0 saturated carbocycles. The van der Waals surface area contributed by atoms with Crippen LogP contribution >= 0.6 is 15.9 Å². The van der Waals surface area contributed by atoms with E-state index in [1.54, 1.807) is 13.0 Å². The van der Waals surface area contributed by atoms with Crippen LogP contribution in [0.2, 0.25) is 0 Å². The summed E-state index contributed by atoms with van der Waals surface area (Å²) in [5.74, 6) is -0.664. The van der Waals surface area contributed by atoms with Crippen LogP contribution in [-0.2, 0) is 4.79 Å². The summed E-state index contributed by atoms with van der Waals surface area (Å²) in [6.45, 7) is 2.06. The average molecular weight is 467 g/mol. The minimum Gasteiger partial charge on any atom is -0.489 e. The summed E-state index contributed by atoms with van der Waals surface area (Å²) in [7, 11) is 0. The molecule has 2 aromatic heterocycles. The van der Waals surface area contributed by atoms with Crippen molar-refractivity contribution in [2.75, 3.05) is 13.2 Å². The summed E-state index contributed by atoms with van der Waals surface area (Å²) in [6.07, 6.45) is 3.09. The summed E-state index contributed by atoms with van der Waals surface area (Å²) < 4.78 is 24.7. The maximum absolute atomic E-state index is 13.2. The molecule has 2 heterocycles. The molecule has 1 aromatic carbocycles. The van der Waals surface area contributed by atoms with Crippen molar-refractivity contribution in [2.24, 2.45) is 0 Å². The fourth-order valence-electron chi connectivity index (χ4n) is 2.29. The first-order valence-corrected chi connectivity index (χ1v) is 9.32. The highest BCUT2D eigenvalue weighted by atomic mass is 79.9. The number of aromatic nitrogens is 6. The maximum atomic E-state index is 13.2. The van der Waals surface area contributed by atoms with Gasteiger partial charge in [-0.1, -0.05) is 6.92 Å². The lowest BCUT2D eigenvalue weighted by atomic mass is 10.2. The van der Waals surface area contributed by atoms with E-state index in [1.807, 2.05) is 0 Å². The molecule has 1 atom stereocenters. The standard InChI is InChI=1S/C17H16BrFN6O4/c1-2-13(17(26)27)25-23-16(22-24-25)12-8-21-15(9-20-12)29-6-5-28-14-7-10(19)3-4-11(14)18/h3-4,7-9,13H,2,5-6H2,1H3,(H,26,27). The van der Waals surface area contributed by atoms with Gasteiger partial charge in [0.25, 0.3) is 0 Å². The van der Waals surface area contributed by atoms with E-state index in [1.165, 1.54) is 24.5 Å². The monoisotopic (exact) mass is 466 g/mol. The molecule has 10 nitrogen and oxygen atoms in total. The zero-order valence-corrected chi connectivity index (χ0v) is 16.8. The number of carbonyl (C=O) groups is 1. The van der Waals surface area contributed by atoms with Crippen LogP contribution in [0.25, 0.3) is 11.5 Å². The number of benzene rings is 1. The highest BCUT2D eigenvalue weighted by molar-refractivity contribution is 9.10. The third-order valence-electron chi connectivity index (χ3n) is 3.72.